The Balaban J connectivity index is 1.32. The van der Waals surface area contributed by atoms with E-state index in [-0.39, 0.29) is 23.8 Å². The van der Waals surface area contributed by atoms with Crippen molar-refractivity contribution in [3.63, 3.8) is 0 Å². The lowest BCUT2D eigenvalue weighted by atomic mass is 10.2. The molecule has 4 rings (SSSR count). The summed E-state index contributed by atoms with van der Waals surface area (Å²) in [5, 5.41) is 2.73. The molecule has 0 spiro atoms. The normalized spacial score (nSPS) is 16.5. The fourth-order valence-electron chi connectivity index (χ4n) is 3.22. The van der Waals surface area contributed by atoms with E-state index >= 15 is 0 Å². The number of amides is 1. The van der Waals surface area contributed by atoms with Gasteiger partial charge in [0.1, 0.15) is 0 Å². The molecule has 0 atom stereocenters. The number of benzene rings is 2. The highest BCUT2D eigenvalue weighted by molar-refractivity contribution is 7.89. The number of nitrogens with one attached hydrogen (secondary N) is 2. The molecule has 2 N–H and O–H groups in total. The smallest absolute Gasteiger partial charge is 0.246 e. The first-order chi connectivity index (χ1) is 14.7. The summed E-state index contributed by atoms with van der Waals surface area (Å²) in [5.74, 6) is 0.964. The largest absolute Gasteiger partial charge is 0.490 e. The van der Waals surface area contributed by atoms with Gasteiger partial charge in [0, 0.05) is 51.1 Å². The molecule has 0 aliphatic carbocycles. The molecular weight excluding hydrogens is 424 g/mol. The summed E-state index contributed by atoms with van der Waals surface area (Å²) in [7, 11) is -3.80. The molecule has 0 fully saturated rings. The Bertz CT molecular complexity index is 1100. The molecule has 0 bridgehead atoms. The third-order valence-electron chi connectivity index (χ3n) is 4.61. The number of rotatable bonds is 6. The molecule has 2 heterocycles. The second-order valence-electron chi connectivity index (χ2n) is 7.62. The molecule has 2 aliphatic heterocycles. The zero-order valence-corrected chi connectivity index (χ0v) is 18.1. The predicted molar refractivity (Wildman–Crippen MR) is 112 cm³/mol. The van der Waals surface area contributed by atoms with Gasteiger partial charge < -0.3 is 24.3 Å². The number of hydrogen-bond acceptors (Lipinski definition) is 7. The van der Waals surface area contributed by atoms with Gasteiger partial charge in [0.25, 0.3) is 0 Å². The van der Waals surface area contributed by atoms with Crippen molar-refractivity contribution in [2.45, 2.75) is 37.4 Å². The molecule has 0 radical (unpaired) electrons. The van der Waals surface area contributed by atoms with Crippen LogP contribution in [0.5, 0.6) is 23.0 Å². The molecular formula is C21H24N2O7S. The standard InChI is InChI=1S/C21H24N2O7S/c1-21(2)29-17-6-4-14(12-19(17)30-21)23-20(24)8-9-22-31(25,26)15-5-7-16-18(13-15)28-11-3-10-27-16/h4-7,12-13,22H,3,8-11H2,1-2H3,(H,23,24). The van der Waals surface area contributed by atoms with E-state index in [0.717, 1.165) is 6.42 Å². The second-order valence-corrected chi connectivity index (χ2v) is 9.39. The van der Waals surface area contributed by atoms with E-state index < -0.39 is 15.8 Å². The van der Waals surface area contributed by atoms with Gasteiger partial charge in [-0.25, -0.2) is 13.1 Å². The summed E-state index contributed by atoms with van der Waals surface area (Å²) in [6, 6.07) is 9.53. The summed E-state index contributed by atoms with van der Waals surface area (Å²) < 4.78 is 49.9. The zero-order valence-electron chi connectivity index (χ0n) is 17.3. The number of anilines is 1. The van der Waals surface area contributed by atoms with E-state index in [0.29, 0.717) is 41.9 Å². The van der Waals surface area contributed by atoms with Crippen molar-refractivity contribution >= 4 is 21.6 Å². The van der Waals surface area contributed by atoms with Gasteiger partial charge >= 0.3 is 0 Å². The van der Waals surface area contributed by atoms with Crippen LogP contribution in [0.2, 0.25) is 0 Å². The first-order valence-electron chi connectivity index (χ1n) is 9.93. The lowest BCUT2D eigenvalue weighted by Crippen LogP contribution is -2.29. The summed E-state index contributed by atoms with van der Waals surface area (Å²) >= 11 is 0. The minimum Gasteiger partial charge on any atom is -0.490 e. The van der Waals surface area contributed by atoms with E-state index in [9.17, 15) is 13.2 Å². The molecule has 166 valence electrons. The van der Waals surface area contributed by atoms with Gasteiger partial charge in [-0.15, -0.1) is 0 Å². The van der Waals surface area contributed by atoms with Gasteiger partial charge in [-0.3, -0.25) is 4.79 Å². The lowest BCUT2D eigenvalue weighted by molar-refractivity contribution is -0.116. The van der Waals surface area contributed by atoms with Crippen molar-refractivity contribution in [2.75, 3.05) is 25.1 Å². The third-order valence-corrected chi connectivity index (χ3v) is 6.07. The van der Waals surface area contributed by atoms with E-state index in [1.54, 1.807) is 38.1 Å². The van der Waals surface area contributed by atoms with Crippen molar-refractivity contribution in [1.29, 1.82) is 0 Å². The van der Waals surface area contributed by atoms with Gasteiger partial charge in [-0.2, -0.15) is 0 Å². The van der Waals surface area contributed by atoms with Crippen LogP contribution >= 0.6 is 0 Å². The van der Waals surface area contributed by atoms with Crippen molar-refractivity contribution in [2.24, 2.45) is 0 Å². The Kier molecular flexibility index (Phi) is 5.67. The van der Waals surface area contributed by atoms with Crippen LogP contribution in [0.3, 0.4) is 0 Å². The Morgan fingerprint density at radius 2 is 1.68 bits per heavy atom. The fourth-order valence-corrected chi connectivity index (χ4v) is 4.26. The van der Waals surface area contributed by atoms with Crippen molar-refractivity contribution in [3.05, 3.63) is 36.4 Å². The lowest BCUT2D eigenvalue weighted by Gasteiger charge is -2.16. The third kappa shape index (κ3) is 5.02. The van der Waals surface area contributed by atoms with E-state index in [2.05, 4.69) is 10.0 Å². The molecule has 2 aliphatic rings. The highest BCUT2D eigenvalue weighted by Crippen LogP contribution is 2.40. The predicted octanol–water partition coefficient (Wildman–Crippen LogP) is 2.66. The highest BCUT2D eigenvalue weighted by atomic mass is 32.2. The molecule has 10 heteroatoms. The Labute approximate surface area is 180 Å². The van der Waals surface area contributed by atoms with Gasteiger partial charge in [-0.1, -0.05) is 0 Å². The average molecular weight is 448 g/mol. The number of carbonyl (C=O) groups is 1. The van der Waals surface area contributed by atoms with Gasteiger partial charge in [0.2, 0.25) is 21.7 Å². The van der Waals surface area contributed by atoms with Crippen LogP contribution in [-0.4, -0.2) is 39.9 Å². The quantitative estimate of drug-likeness (QED) is 0.699. The molecule has 2 aromatic rings. The van der Waals surface area contributed by atoms with Crippen LogP contribution in [-0.2, 0) is 14.8 Å². The Morgan fingerprint density at radius 3 is 2.48 bits per heavy atom. The van der Waals surface area contributed by atoms with Crippen molar-refractivity contribution < 1.29 is 32.2 Å². The average Bonchev–Trinajstić information content (AvgIpc) is 2.86. The van der Waals surface area contributed by atoms with Crippen LogP contribution in [0, 0.1) is 0 Å². The van der Waals surface area contributed by atoms with Crippen LogP contribution < -0.4 is 29.0 Å². The Morgan fingerprint density at radius 1 is 0.968 bits per heavy atom. The number of hydrogen-bond donors (Lipinski definition) is 2. The molecule has 31 heavy (non-hydrogen) atoms. The summed E-state index contributed by atoms with van der Waals surface area (Å²) in [5.41, 5.74) is 0.538. The highest BCUT2D eigenvalue weighted by Gasteiger charge is 2.31. The van der Waals surface area contributed by atoms with Gasteiger partial charge in [0.15, 0.2) is 23.0 Å². The fraction of sp³-hybridized carbons (Fsp3) is 0.381. The topological polar surface area (TPSA) is 112 Å². The maximum absolute atomic E-state index is 12.6. The number of carbonyl (C=O) groups excluding carboxylic acids is 1. The maximum Gasteiger partial charge on any atom is 0.246 e. The molecule has 0 saturated carbocycles. The number of sulfonamides is 1. The Hall–Kier alpha value is -2.98. The molecule has 0 unspecified atom stereocenters. The van der Waals surface area contributed by atoms with Gasteiger partial charge in [0.05, 0.1) is 18.1 Å². The molecule has 0 aromatic heterocycles. The van der Waals surface area contributed by atoms with E-state index in [4.69, 9.17) is 18.9 Å². The van der Waals surface area contributed by atoms with Crippen molar-refractivity contribution in [3.8, 4) is 23.0 Å². The van der Waals surface area contributed by atoms with Gasteiger partial charge in [-0.05, 0) is 24.3 Å². The SMILES string of the molecule is CC1(C)Oc2ccc(NC(=O)CCNS(=O)(=O)c3ccc4c(c3)OCCCO4)cc2O1. The number of fused-ring (bicyclic) bond motifs is 2. The minimum atomic E-state index is -3.80. The maximum atomic E-state index is 12.6. The molecule has 1 amide bonds. The van der Waals surface area contributed by atoms with E-state index in [1.165, 1.54) is 12.1 Å². The van der Waals surface area contributed by atoms with Crippen LogP contribution in [0.1, 0.15) is 26.7 Å². The monoisotopic (exact) mass is 448 g/mol. The van der Waals surface area contributed by atoms with Crippen LogP contribution in [0.15, 0.2) is 41.3 Å². The summed E-state index contributed by atoms with van der Waals surface area (Å²) in [6.45, 7) is 4.51. The first-order valence-corrected chi connectivity index (χ1v) is 11.4. The van der Waals surface area contributed by atoms with Crippen LogP contribution in [0.25, 0.3) is 0 Å². The molecule has 9 nitrogen and oxygen atoms in total. The van der Waals surface area contributed by atoms with E-state index in [1.807, 2.05) is 0 Å². The summed E-state index contributed by atoms with van der Waals surface area (Å²) in [6.07, 6.45) is 0.689. The number of ether oxygens (including phenoxy) is 4. The molecule has 2 aromatic carbocycles. The summed E-state index contributed by atoms with van der Waals surface area (Å²) in [4.78, 5) is 12.3. The first kappa shape index (κ1) is 21.3. The zero-order chi connectivity index (χ0) is 22.1. The van der Waals surface area contributed by atoms with Crippen LogP contribution in [0.4, 0.5) is 5.69 Å². The molecule has 0 saturated heterocycles. The van der Waals surface area contributed by atoms with Crippen molar-refractivity contribution in [1.82, 2.24) is 4.72 Å². The second kappa shape index (κ2) is 8.27. The minimum absolute atomic E-state index is 0.0380.